The summed E-state index contributed by atoms with van der Waals surface area (Å²) in [6.07, 6.45) is 8.42. The summed E-state index contributed by atoms with van der Waals surface area (Å²) in [5.41, 5.74) is -0.696. The van der Waals surface area contributed by atoms with E-state index in [2.05, 4.69) is 6.58 Å². The second-order valence-corrected chi connectivity index (χ2v) is 2.49. The first-order chi connectivity index (χ1) is 4.27. The molecule has 1 atom stereocenters. The third-order valence-electron chi connectivity index (χ3n) is 1.71. The molecule has 9 heavy (non-hydrogen) atoms. The molecular formula is C8H12O. The van der Waals surface area contributed by atoms with Crippen molar-refractivity contribution >= 4 is 0 Å². The monoisotopic (exact) mass is 124 g/mol. The van der Waals surface area contributed by atoms with Crippen LogP contribution in [-0.2, 0) is 0 Å². The van der Waals surface area contributed by atoms with Crippen LogP contribution in [0, 0.1) is 0 Å². The van der Waals surface area contributed by atoms with Gasteiger partial charge in [-0.15, -0.1) is 0 Å². The molecule has 0 unspecified atom stereocenters. The lowest BCUT2D eigenvalue weighted by Crippen LogP contribution is -2.23. The Kier molecular flexibility index (Phi) is 1.72. The largest absolute Gasteiger partial charge is 0.382 e. The fourth-order valence-electron chi connectivity index (χ4n) is 1.04. The molecule has 0 radical (unpaired) electrons. The number of hydrogen-bond donors (Lipinski definition) is 1. The normalized spacial score (nSPS) is 34.3. The Morgan fingerprint density at radius 1 is 1.67 bits per heavy atom. The van der Waals surface area contributed by atoms with Gasteiger partial charge in [0.05, 0.1) is 0 Å². The van der Waals surface area contributed by atoms with Crippen LogP contribution in [0.5, 0.6) is 0 Å². The quantitative estimate of drug-likeness (QED) is 0.527. The topological polar surface area (TPSA) is 20.2 Å². The van der Waals surface area contributed by atoms with Gasteiger partial charge in [-0.1, -0.05) is 24.8 Å². The van der Waals surface area contributed by atoms with Crippen LogP contribution in [0.1, 0.15) is 19.3 Å². The minimum Gasteiger partial charge on any atom is -0.382 e. The van der Waals surface area contributed by atoms with Gasteiger partial charge in [0.15, 0.2) is 0 Å². The van der Waals surface area contributed by atoms with Crippen molar-refractivity contribution in [2.45, 2.75) is 24.9 Å². The molecule has 0 aromatic rings. The number of rotatable bonds is 1. The molecule has 0 heterocycles. The Bertz CT molecular complexity index is 138. The second-order valence-electron chi connectivity index (χ2n) is 2.49. The standard InChI is InChI=1S/C8H12O/c1-2-8(9)6-4-3-5-7-8/h2,4,6,9H,1,3,5,7H2/t8-/m1/s1. The van der Waals surface area contributed by atoms with E-state index in [9.17, 15) is 5.11 Å². The van der Waals surface area contributed by atoms with E-state index in [4.69, 9.17) is 0 Å². The minimum atomic E-state index is -0.696. The zero-order valence-corrected chi connectivity index (χ0v) is 5.51. The summed E-state index contributed by atoms with van der Waals surface area (Å²) < 4.78 is 0. The summed E-state index contributed by atoms with van der Waals surface area (Å²) in [6.45, 7) is 3.55. The molecule has 1 heteroatoms. The van der Waals surface area contributed by atoms with Gasteiger partial charge in [0, 0.05) is 0 Å². The Labute approximate surface area is 55.7 Å². The molecule has 0 spiro atoms. The van der Waals surface area contributed by atoms with Gasteiger partial charge >= 0.3 is 0 Å². The average molecular weight is 124 g/mol. The molecule has 0 amide bonds. The van der Waals surface area contributed by atoms with Crippen molar-refractivity contribution in [3.63, 3.8) is 0 Å². The molecule has 0 aliphatic heterocycles. The lowest BCUT2D eigenvalue weighted by molar-refractivity contribution is 0.125. The van der Waals surface area contributed by atoms with Crippen LogP contribution in [0.3, 0.4) is 0 Å². The Morgan fingerprint density at radius 2 is 2.44 bits per heavy atom. The van der Waals surface area contributed by atoms with Gasteiger partial charge in [0.2, 0.25) is 0 Å². The highest BCUT2D eigenvalue weighted by Crippen LogP contribution is 2.21. The van der Waals surface area contributed by atoms with Gasteiger partial charge in [-0.2, -0.15) is 0 Å². The molecule has 50 valence electrons. The van der Waals surface area contributed by atoms with Crippen molar-refractivity contribution in [3.05, 3.63) is 24.8 Å². The Hall–Kier alpha value is -0.560. The molecule has 1 aliphatic rings. The van der Waals surface area contributed by atoms with Gasteiger partial charge in [-0.3, -0.25) is 0 Å². The number of hydrogen-bond acceptors (Lipinski definition) is 1. The van der Waals surface area contributed by atoms with E-state index in [0.29, 0.717) is 0 Å². The molecule has 1 rings (SSSR count). The molecule has 0 aromatic heterocycles. The minimum absolute atomic E-state index is 0.696. The highest BCUT2D eigenvalue weighted by Gasteiger charge is 2.19. The summed E-state index contributed by atoms with van der Waals surface area (Å²) >= 11 is 0. The highest BCUT2D eigenvalue weighted by atomic mass is 16.3. The summed E-state index contributed by atoms with van der Waals surface area (Å²) in [5.74, 6) is 0. The molecule has 1 aliphatic carbocycles. The molecule has 0 aromatic carbocycles. The first-order valence-corrected chi connectivity index (χ1v) is 3.30. The maximum Gasteiger partial charge on any atom is 0.101 e. The van der Waals surface area contributed by atoms with E-state index >= 15 is 0 Å². The molecule has 1 N–H and O–H groups in total. The van der Waals surface area contributed by atoms with E-state index in [-0.39, 0.29) is 0 Å². The van der Waals surface area contributed by atoms with Crippen molar-refractivity contribution in [1.82, 2.24) is 0 Å². The molecule has 0 bridgehead atoms. The zero-order chi connectivity index (χ0) is 6.74. The Morgan fingerprint density at radius 3 is 2.78 bits per heavy atom. The number of aliphatic hydroxyl groups is 1. The fraction of sp³-hybridized carbons (Fsp3) is 0.500. The van der Waals surface area contributed by atoms with Crippen LogP contribution in [0.4, 0.5) is 0 Å². The first kappa shape index (κ1) is 6.56. The van der Waals surface area contributed by atoms with Gasteiger partial charge < -0.3 is 5.11 Å². The van der Waals surface area contributed by atoms with E-state index < -0.39 is 5.60 Å². The van der Waals surface area contributed by atoms with Crippen LogP contribution in [-0.4, -0.2) is 10.7 Å². The van der Waals surface area contributed by atoms with Crippen LogP contribution in [0.15, 0.2) is 24.8 Å². The summed E-state index contributed by atoms with van der Waals surface area (Å²) in [4.78, 5) is 0. The van der Waals surface area contributed by atoms with Gasteiger partial charge in [0.1, 0.15) is 5.60 Å². The molecule has 0 fully saturated rings. The predicted octanol–water partition coefficient (Wildman–Crippen LogP) is 1.64. The van der Waals surface area contributed by atoms with Crippen LogP contribution < -0.4 is 0 Å². The van der Waals surface area contributed by atoms with E-state index in [1.165, 1.54) is 0 Å². The summed E-state index contributed by atoms with van der Waals surface area (Å²) in [6, 6.07) is 0. The Balaban J connectivity index is 2.67. The average Bonchev–Trinajstić information content (AvgIpc) is 1.90. The van der Waals surface area contributed by atoms with Crippen molar-refractivity contribution in [2.24, 2.45) is 0 Å². The van der Waals surface area contributed by atoms with Crippen molar-refractivity contribution in [1.29, 1.82) is 0 Å². The summed E-state index contributed by atoms with van der Waals surface area (Å²) in [5, 5.41) is 9.48. The molecular weight excluding hydrogens is 112 g/mol. The smallest absolute Gasteiger partial charge is 0.101 e. The van der Waals surface area contributed by atoms with Crippen molar-refractivity contribution < 1.29 is 5.11 Å². The van der Waals surface area contributed by atoms with Gasteiger partial charge in [-0.25, -0.2) is 0 Å². The second kappa shape index (κ2) is 2.36. The third-order valence-corrected chi connectivity index (χ3v) is 1.71. The first-order valence-electron chi connectivity index (χ1n) is 3.30. The SMILES string of the molecule is C=C[C@@]1(O)C=CCCC1. The molecule has 1 nitrogen and oxygen atoms in total. The molecule has 0 saturated carbocycles. The maximum absolute atomic E-state index is 9.48. The third kappa shape index (κ3) is 1.42. The lowest BCUT2D eigenvalue weighted by Gasteiger charge is -2.22. The zero-order valence-electron chi connectivity index (χ0n) is 5.51. The van der Waals surface area contributed by atoms with Crippen molar-refractivity contribution in [3.8, 4) is 0 Å². The summed E-state index contributed by atoms with van der Waals surface area (Å²) in [7, 11) is 0. The number of allylic oxidation sites excluding steroid dienone is 1. The van der Waals surface area contributed by atoms with Gasteiger partial charge in [0.25, 0.3) is 0 Å². The van der Waals surface area contributed by atoms with Crippen LogP contribution in [0.2, 0.25) is 0 Å². The van der Waals surface area contributed by atoms with Crippen LogP contribution in [0.25, 0.3) is 0 Å². The van der Waals surface area contributed by atoms with E-state index in [1.54, 1.807) is 6.08 Å². The lowest BCUT2D eigenvalue weighted by atomic mass is 9.91. The fourth-order valence-corrected chi connectivity index (χ4v) is 1.04. The predicted molar refractivity (Wildman–Crippen MR) is 38.1 cm³/mol. The van der Waals surface area contributed by atoms with E-state index in [0.717, 1.165) is 19.3 Å². The maximum atomic E-state index is 9.48. The van der Waals surface area contributed by atoms with Crippen LogP contribution >= 0.6 is 0 Å². The molecule has 0 saturated heterocycles. The van der Waals surface area contributed by atoms with Gasteiger partial charge in [-0.05, 0) is 19.3 Å². The van der Waals surface area contributed by atoms with Crippen molar-refractivity contribution in [2.75, 3.05) is 0 Å². The van der Waals surface area contributed by atoms with E-state index in [1.807, 2.05) is 12.2 Å². The highest BCUT2D eigenvalue weighted by molar-refractivity contribution is 5.13.